The lowest BCUT2D eigenvalue weighted by molar-refractivity contribution is -0.133. The van der Waals surface area contributed by atoms with E-state index >= 15 is 0 Å². The average molecular weight is 351 g/mol. The van der Waals surface area contributed by atoms with Gasteiger partial charge in [0, 0.05) is 26.2 Å². The zero-order chi connectivity index (χ0) is 18.0. The van der Waals surface area contributed by atoms with Crippen LogP contribution in [0.25, 0.3) is 0 Å². The van der Waals surface area contributed by atoms with Crippen molar-refractivity contribution in [2.75, 3.05) is 33.4 Å². The van der Waals surface area contributed by atoms with Crippen LogP contribution < -0.4 is 5.32 Å². The van der Waals surface area contributed by atoms with Gasteiger partial charge in [-0.15, -0.1) is 5.10 Å². The SMILES string of the molecule is COCCNC(=O)[C@H]1CN2CC[C@@H]1C[C@@H]2Cn1cc(C(C)(C)O)nn1. The van der Waals surface area contributed by atoms with E-state index in [0.717, 1.165) is 32.5 Å². The van der Waals surface area contributed by atoms with Gasteiger partial charge in [-0.3, -0.25) is 14.4 Å². The first-order chi connectivity index (χ1) is 11.9. The van der Waals surface area contributed by atoms with E-state index in [9.17, 15) is 9.90 Å². The monoisotopic (exact) mass is 351 g/mol. The van der Waals surface area contributed by atoms with E-state index in [2.05, 4.69) is 20.5 Å². The van der Waals surface area contributed by atoms with Gasteiger partial charge in [0.25, 0.3) is 0 Å². The molecule has 1 amide bonds. The summed E-state index contributed by atoms with van der Waals surface area (Å²) in [5.41, 5.74) is -0.394. The molecule has 0 spiro atoms. The third kappa shape index (κ3) is 4.19. The molecule has 0 aromatic carbocycles. The number of hydrogen-bond donors (Lipinski definition) is 2. The highest BCUT2D eigenvalue weighted by molar-refractivity contribution is 5.79. The Hall–Kier alpha value is -1.51. The van der Waals surface area contributed by atoms with E-state index in [1.807, 2.05) is 10.9 Å². The largest absolute Gasteiger partial charge is 0.384 e. The summed E-state index contributed by atoms with van der Waals surface area (Å²) in [7, 11) is 1.64. The van der Waals surface area contributed by atoms with Crippen LogP contribution in [0.5, 0.6) is 0 Å². The van der Waals surface area contributed by atoms with Crippen LogP contribution in [-0.2, 0) is 21.7 Å². The molecule has 3 aliphatic rings. The van der Waals surface area contributed by atoms with Gasteiger partial charge in [0.15, 0.2) is 0 Å². The van der Waals surface area contributed by atoms with Crippen molar-refractivity contribution < 1.29 is 14.6 Å². The third-order valence-corrected chi connectivity index (χ3v) is 5.38. The van der Waals surface area contributed by atoms with Gasteiger partial charge >= 0.3 is 0 Å². The van der Waals surface area contributed by atoms with Gasteiger partial charge in [-0.05, 0) is 39.2 Å². The van der Waals surface area contributed by atoms with E-state index in [0.29, 0.717) is 30.8 Å². The number of fused-ring (bicyclic) bond motifs is 3. The Morgan fingerprint density at radius 2 is 2.32 bits per heavy atom. The second-order valence-corrected chi connectivity index (χ2v) is 7.71. The van der Waals surface area contributed by atoms with Gasteiger partial charge in [0.2, 0.25) is 5.91 Å². The molecule has 3 saturated heterocycles. The minimum absolute atomic E-state index is 0.0736. The number of piperidine rings is 3. The molecule has 25 heavy (non-hydrogen) atoms. The Morgan fingerprint density at radius 1 is 1.52 bits per heavy atom. The maximum absolute atomic E-state index is 12.4. The quantitative estimate of drug-likeness (QED) is 0.671. The molecule has 3 fully saturated rings. The molecule has 8 heteroatoms. The molecule has 0 saturated carbocycles. The number of nitrogens with zero attached hydrogens (tertiary/aromatic N) is 4. The number of rotatable bonds is 7. The van der Waals surface area contributed by atoms with E-state index in [4.69, 9.17) is 4.74 Å². The summed E-state index contributed by atoms with van der Waals surface area (Å²) in [4.78, 5) is 14.8. The predicted octanol–water partition coefficient (Wildman–Crippen LogP) is -0.0215. The molecule has 4 heterocycles. The molecule has 1 aromatic rings. The summed E-state index contributed by atoms with van der Waals surface area (Å²) in [6.45, 7) is 7.12. The normalized spacial score (nSPS) is 29.0. The fourth-order valence-corrected chi connectivity index (χ4v) is 3.92. The number of carbonyl (C=O) groups is 1. The van der Waals surface area contributed by atoms with Crippen LogP contribution in [-0.4, -0.2) is 70.3 Å². The van der Waals surface area contributed by atoms with Gasteiger partial charge in [0.1, 0.15) is 11.3 Å². The molecule has 4 rings (SSSR count). The Labute approximate surface area is 148 Å². The Morgan fingerprint density at radius 3 is 2.92 bits per heavy atom. The molecular weight excluding hydrogens is 322 g/mol. The highest BCUT2D eigenvalue weighted by Gasteiger charge is 2.43. The summed E-state index contributed by atoms with van der Waals surface area (Å²) in [5, 5.41) is 21.2. The second-order valence-electron chi connectivity index (χ2n) is 7.71. The summed E-state index contributed by atoms with van der Waals surface area (Å²) in [6, 6.07) is 0.373. The van der Waals surface area contributed by atoms with Gasteiger partial charge in [0.05, 0.1) is 25.3 Å². The van der Waals surface area contributed by atoms with Gasteiger partial charge < -0.3 is 15.2 Å². The number of ether oxygens (including phenoxy) is 1. The zero-order valence-corrected chi connectivity index (χ0v) is 15.3. The van der Waals surface area contributed by atoms with E-state index in [1.54, 1.807) is 21.0 Å². The summed E-state index contributed by atoms with van der Waals surface area (Å²) < 4.78 is 6.80. The van der Waals surface area contributed by atoms with Crippen molar-refractivity contribution in [3.8, 4) is 0 Å². The maximum atomic E-state index is 12.4. The lowest BCUT2D eigenvalue weighted by atomic mass is 9.75. The second kappa shape index (κ2) is 7.39. The summed E-state index contributed by atoms with van der Waals surface area (Å²) in [5.74, 6) is 0.648. The number of amides is 1. The Balaban J connectivity index is 1.57. The number of methoxy groups -OCH3 is 1. The molecule has 0 radical (unpaired) electrons. The lowest BCUT2D eigenvalue weighted by Crippen LogP contribution is -2.58. The van der Waals surface area contributed by atoms with Crippen LogP contribution in [0.4, 0.5) is 0 Å². The van der Waals surface area contributed by atoms with Gasteiger partial charge in [-0.1, -0.05) is 5.21 Å². The summed E-state index contributed by atoms with van der Waals surface area (Å²) >= 11 is 0. The van der Waals surface area contributed by atoms with E-state index < -0.39 is 5.60 Å². The number of nitrogens with one attached hydrogen (secondary N) is 1. The molecule has 2 bridgehead atoms. The van der Waals surface area contributed by atoms with Crippen molar-refractivity contribution in [2.24, 2.45) is 11.8 Å². The van der Waals surface area contributed by atoms with Crippen molar-refractivity contribution in [3.63, 3.8) is 0 Å². The first-order valence-electron chi connectivity index (χ1n) is 9.02. The number of aromatic nitrogens is 3. The van der Waals surface area contributed by atoms with Crippen molar-refractivity contribution in [1.29, 1.82) is 0 Å². The fourth-order valence-electron chi connectivity index (χ4n) is 3.92. The standard InChI is InChI=1S/C17H29N5O3/c1-17(2,24)15-11-22(20-19-15)9-13-8-12-4-6-21(13)10-14(12)16(23)18-5-7-25-3/h11-14,24H,4-10H2,1-3H3,(H,18,23)/t12-,13-,14+/m1/s1. The number of hydrogen-bond acceptors (Lipinski definition) is 6. The van der Waals surface area contributed by atoms with Crippen LogP contribution in [0.3, 0.4) is 0 Å². The Bertz CT molecular complexity index is 597. The van der Waals surface area contributed by atoms with Crippen LogP contribution in [0.2, 0.25) is 0 Å². The molecule has 4 atom stereocenters. The van der Waals surface area contributed by atoms with Crippen molar-refractivity contribution >= 4 is 5.91 Å². The highest BCUT2D eigenvalue weighted by atomic mass is 16.5. The van der Waals surface area contributed by atoms with Gasteiger partial charge in [-0.2, -0.15) is 0 Å². The van der Waals surface area contributed by atoms with Crippen LogP contribution >= 0.6 is 0 Å². The molecule has 1 unspecified atom stereocenters. The maximum Gasteiger partial charge on any atom is 0.224 e. The van der Waals surface area contributed by atoms with Crippen molar-refractivity contribution in [3.05, 3.63) is 11.9 Å². The lowest BCUT2D eigenvalue weighted by Gasteiger charge is -2.49. The topological polar surface area (TPSA) is 92.5 Å². The van der Waals surface area contributed by atoms with Crippen LogP contribution in [0.15, 0.2) is 6.20 Å². The molecule has 2 N–H and O–H groups in total. The molecule has 1 aromatic heterocycles. The minimum atomic E-state index is -0.977. The molecular formula is C17H29N5O3. The van der Waals surface area contributed by atoms with E-state index in [-0.39, 0.29) is 11.8 Å². The van der Waals surface area contributed by atoms with Crippen molar-refractivity contribution in [1.82, 2.24) is 25.2 Å². The average Bonchev–Trinajstić information content (AvgIpc) is 3.04. The molecule has 8 nitrogen and oxygen atoms in total. The predicted molar refractivity (Wildman–Crippen MR) is 91.7 cm³/mol. The number of aliphatic hydroxyl groups is 1. The Kier molecular flexibility index (Phi) is 5.41. The molecule has 0 aliphatic carbocycles. The summed E-state index contributed by atoms with van der Waals surface area (Å²) in [6.07, 6.45) is 3.89. The third-order valence-electron chi connectivity index (χ3n) is 5.38. The van der Waals surface area contributed by atoms with Crippen LogP contribution in [0, 0.1) is 11.8 Å². The van der Waals surface area contributed by atoms with Gasteiger partial charge in [-0.25, -0.2) is 0 Å². The van der Waals surface area contributed by atoms with E-state index in [1.165, 1.54) is 0 Å². The molecule has 3 aliphatic heterocycles. The van der Waals surface area contributed by atoms with Crippen molar-refractivity contribution in [2.45, 2.75) is 44.9 Å². The fraction of sp³-hybridized carbons (Fsp3) is 0.824. The zero-order valence-electron chi connectivity index (χ0n) is 15.3. The first-order valence-corrected chi connectivity index (χ1v) is 9.02. The molecule has 140 valence electrons. The first kappa shape index (κ1) is 18.3. The van der Waals surface area contributed by atoms with Crippen LogP contribution in [0.1, 0.15) is 32.4 Å². The smallest absolute Gasteiger partial charge is 0.224 e. The minimum Gasteiger partial charge on any atom is -0.384 e. The number of carbonyl (C=O) groups excluding carboxylic acids is 1. The highest BCUT2D eigenvalue weighted by Crippen LogP contribution is 2.37.